The maximum atomic E-state index is 12.9. The van der Waals surface area contributed by atoms with Crippen LogP contribution in [0.4, 0.5) is 4.39 Å². The molecule has 0 spiro atoms. The Labute approximate surface area is 193 Å². The van der Waals surface area contributed by atoms with Gasteiger partial charge in [0.1, 0.15) is 17.3 Å². The number of methoxy groups -OCH3 is 2. The molecule has 0 aliphatic carbocycles. The maximum Gasteiger partial charge on any atom is 0.224 e. The topological polar surface area (TPSA) is 84.0 Å². The molecule has 2 aromatic rings. The van der Waals surface area contributed by atoms with E-state index in [0.717, 1.165) is 22.6 Å². The Morgan fingerprint density at radius 3 is 2.33 bits per heavy atom. The zero-order valence-corrected chi connectivity index (χ0v) is 19.7. The first-order valence-electron chi connectivity index (χ1n) is 9.22. The monoisotopic (exact) mass is 530 g/mol. The Bertz CT molecular complexity index is 832. The second-order valence-corrected chi connectivity index (χ2v) is 6.18. The molecule has 0 saturated heterocycles. The lowest BCUT2D eigenvalue weighted by Crippen LogP contribution is -2.41. The Kier molecular flexibility index (Phi) is 11.6. The summed E-state index contributed by atoms with van der Waals surface area (Å²) in [5.41, 5.74) is 1.73. The highest BCUT2D eigenvalue weighted by Crippen LogP contribution is 2.24. The van der Waals surface area contributed by atoms with E-state index in [4.69, 9.17) is 9.47 Å². The van der Waals surface area contributed by atoms with Crippen molar-refractivity contribution < 1.29 is 18.7 Å². The number of ether oxygens (including phenoxy) is 2. The zero-order valence-electron chi connectivity index (χ0n) is 17.3. The van der Waals surface area contributed by atoms with Gasteiger partial charge in [0.05, 0.1) is 20.6 Å². The average molecular weight is 530 g/mol. The third-order valence-corrected chi connectivity index (χ3v) is 4.18. The lowest BCUT2D eigenvalue weighted by atomic mass is 10.1. The van der Waals surface area contributed by atoms with Crippen LogP contribution < -0.4 is 25.4 Å². The van der Waals surface area contributed by atoms with Crippen LogP contribution in [0.5, 0.6) is 11.5 Å². The van der Waals surface area contributed by atoms with Crippen molar-refractivity contribution in [3.05, 3.63) is 59.4 Å². The number of carbonyl (C=O) groups excluding carboxylic acids is 1. The predicted molar refractivity (Wildman–Crippen MR) is 126 cm³/mol. The fourth-order valence-corrected chi connectivity index (χ4v) is 2.63. The van der Waals surface area contributed by atoms with Crippen molar-refractivity contribution in [2.75, 3.05) is 34.4 Å². The minimum Gasteiger partial charge on any atom is -0.497 e. The standard InChI is InChI=1S/C21H27FN4O3.HI/c1-23-21(26-14-16-6-9-18(28-2)13-19(16)29-3)25-11-10-24-20(27)12-15-4-7-17(22)8-5-15;/h4-9,13H,10-12,14H2,1-3H3,(H,24,27)(H2,23,25,26);1H. The molecule has 0 bridgehead atoms. The number of hydrogen-bond acceptors (Lipinski definition) is 4. The summed E-state index contributed by atoms with van der Waals surface area (Å²) in [6.07, 6.45) is 0.213. The van der Waals surface area contributed by atoms with Gasteiger partial charge in [-0.2, -0.15) is 0 Å². The van der Waals surface area contributed by atoms with Gasteiger partial charge in [0.25, 0.3) is 0 Å². The average Bonchev–Trinajstić information content (AvgIpc) is 2.74. The van der Waals surface area contributed by atoms with Gasteiger partial charge in [0.2, 0.25) is 5.91 Å². The Hall–Kier alpha value is -2.56. The maximum absolute atomic E-state index is 12.9. The molecule has 0 unspecified atom stereocenters. The molecule has 30 heavy (non-hydrogen) atoms. The minimum absolute atomic E-state index is 0. The minimum atomic E-state index is -0.315. The van der Waals surface area contributed by atoms with E-state index >= 15 is 0 Å². The Morgan fingerprint density at radius 1 is 1.00 bits per heavy atom. The summed E-state index contributed by atoms with van der Waals surface area (Å²) in [6.45, 7) is 1.46. The molecule has 164 valence electrons. The van der Waals surface area contributed by atoms with Crippen LogP contribution >= 0.6 is 24.0 Å². The molecule has 0 saturated carbocycles. The molecule has 0 aliphatic rings. The van der Waals surface area contributed by atoms with Crippen molar-refractivity contribution in [3.8, 4) is 11.5 Å². The van der Waals surface area contributed by atoms with Crippen molar-refractivity contribution in [2.24, 2.45) is 4.99 Å². The van der Waals surface area contributed by atoms with E-state index in [9.17, 15) is 9.18 Å². The summed E-state index contributed by atoms with van der Waals surface area (Å²) >= 11 is 0. The van der Waals surface area contributed by atoms with E-state index in [0.29, 0.717) is 25.6 Å². The molecule has 0 aromatic heterocycles. The molecule has 0 fully saturated rings. The van der Waals surface area contributed by atoms with E-state index in [1.54, 1.807) is 33.4 Å². The molecule has 0 aliphatic heterocycles. The second-order valence-electron chi connectivity index (χ2n) is 6.18. The van der Waals surface area contributed by atoms with Crippen LogP contribution in [0.15, 0.2) is 47.5 Å². The van der Waals surface area contributed by atoms with Crippen LogP contribution in [0, 0.1) is 5.82 Å². The molecule has 0 heterocycles. The van der Waals surface area contributed by atoms with E-state index in [1.165, 1.54) is 12.1 Å². The summed E-state index contributed by atoms with van der Waals surface area (Å²) in [5.74, 6) is 1.62. The number of carbonyl (C=O) groups is 1. The third kappa shape index (κ3) is 8.44. The van der Waals surface area contributed by atoms with Crippen LogP contribution in [-0.2, 0) is 17.8 Å². The van der Waals surface area contributed by atoms with Gasteiger partial charge in [-0.1, -0.05) is 12.1 Å². The number of aliphatic imine (C=N–C) groups is 1. The lowest BCUT2D eigenvalue weighted by Gasteiger charge is -2.14. The van der Waals surface area contributed by atoms with Crippen LogP contribution in [0.25, 0.3) is 0 Å². The molecule has 7 nitrogen and oxygen atoms in total. The van der Waals surface area contributed by atoms with Crippen molar-refractivity contribution >= 4 is 35.8 Å². The second kappa shape index (κ2) is 13.6. The van der Waals surface area contributed by atoms with Gasteiger partial charge in [-0.15, -0.1) is 24.0 Å². The molecule has 3 N–H and O–H groups in total. The van der Waals surface area contributed by atoms with Gasteiger partial charge in [0, 0.05) is 38.3 Å². The first-order chi connectivity index (χ1) is 14.0. The number of nitrogens with zero attached hydrogens (tertiary/aromatic N) is 1. The summed E-state index contributed by atoms with van der Waals surface area (Å²) in [6, 6.07) is 11.5. The smallest absolute Gasteiger partial charge is 0.224 e. The van der Waals surface area contributed by atoms with Crippen LogP contribution in [0.2, 0.25) is 0 Å². The SMILES string of the molecule is CN=C(NCCNC(=O)Cc1ccc(F)cc1)NCc1ccc(OC)cc1OC.I. The summed E-state index contributed by atoms with van der Waals surface area (Å²) in [5, 5.41) is 9.15. The van der Waals surface area contributed by atoms with Gasteiger partial charge >= 0.3 is 0 Å². The fourth-order valence-electron chi connectivity index (χ4n) is 2.63. The van der Waals surface area contributed by atoms with Gasteiger partial charge in [-0.25, -0.2) is 4.39 Å². The largest absolute Gasteiger partial charge is 0.497 e. The third-order valence-electron chi connectivity index (χ3n) is 4.18. The number of hydrogen-bond donors (Lipinski definition) is 3. The number of guanidine groups is 1. The number of halogens is 2. The van der Waals surface area contributed by atoms with E-state index < -0.39 is 0 Å². The Morgan fingerprint density at radius 2 is 1.70 bits per heavy atom. The number of amides is 1. The van der Waals surface area contributed by atoms with Gasteiger partial charge in [-0.3, -0.25) is 9.79 Å². The van der Waals surface area contributed by atoms with E-state index in [-0.39, 0.29) is 42.1 Å². The van der Waals surface area contributed by atoms with Crippen LogP contribution in [-0.4, -0.2) is 46.2 Å². The van der Waals surface area contributed by atoms with Gasteiger partial charge in [0.15, 0.2) is 5.96 Å². The van der Waals surface area contributed by atoms with Crippen LogP contribution in [0.1, 0.15) is 11.1 Å². The highest BCUT2D eigenvalue weighted by molar-refractivity contribution is 14.0. The summed E-state index contributed by atoms with van der Waals surface area (Å²) < 4.78 is 23.5. The molecule has 9 heteroatoms. The normalized spacial score (nSPS) is 10.6. The van der Waals surface area contributed by atoms with Crippen molar-refractivity contribution in [1.82, 2.24) is 16.0 Å². The van der Waals surface area contributed by atoms with E-state index in [2.05, 4.69) is 20.9 Å². The lowest BCUT2D eigenvalue weighted by molar-refractivity contribution is -0.120. The van der Waals surface area contributed by atoms with E-state index in [1.807, 2.05) is 18.2 Å². The number of benzene rings is 2. The number of nitrogens with one attached hydrogen (secondary N) is 3. The molecular formula is C21H28FIN4O3. The summed E-state index contributed by atoms with van der Waals surface area (Å²) in [4.78, 5) is 16.1. The first kappa shape index (κ1) is 25.5. The zero-order chi connectivity index (χ0) is 21.1. The van der Waals surface area contributed by atoms with Crippen molar-refractivity contribution in [1.29, 1.82) is 0 Å². The highest BCUT2D eigenvalue weighted by Gasteiger charge is 2.07. The predicted octanol–water partition coefficient (Wildman–Crippen LogP) is 2.48. The Balaban J connectivity index is 0.00000450. The van der Waals surface area contributed by atoms with Gasteiger partial charge in [-0.05, 0) is 29.8 Å². The molecule has 2 rings (SSSR count). The summed E-state index contributed by atoms with van der Waals surface area (Å²) in [7, 11) is 4.89. The highest BCUT2D eigenvalue weighted by atomic mass is 127. The quantitative estimate of drug-likeness (QED) is 0.201. The van der Waals surface area contributed by atoms with Gasteiger partial charge < -0.3 is 25.4 Å². The number of rotatable bonds is 9. The molecule has 1 amide bonds. The first-order valence-corrected chi connectivity index (χ1v) is 9.22. The van der Waals surface area contributed by atoms with Crippen molar-refractivity contribution in [3.63, 3.8) is 0 Å². The molecule has 0 radical (unpaired) electrons. The fraction of sp³-hybridized carbons (Fsp3) is 0.333. The molecule has 2 aromatic carbocycles. The van der Waals surface area contributed by atoms with Crippen LogP contribution in [0.3, 0.4) is 0 Å². The molecular weight excluding hydrogens is 502 g/mol. The van der Waals surface area contributed by atoms with Crippen molar-refractivity contribution in [2.45, 2.75) is 13.0 Å². The molecule has 0 atom stereocenters.